The van der Waals surface area contributed by atoms with Crippen molar-refractivity contribution in [3.63, 3.8) is 0 Å². The van der Waals surface area contributed by atoms with Gasteiger partial charge >= 0.3 is 10.4 Å². The SMILES string of the molecule is Cc1cccc(C(=O)NCS(=O)OCCOS(=O)(=O)O)c1. The minimum absolute atomic E-state index is 0.251. The molecule has 1 unspecified atom stereocenters. The van der Waals surface area contributed by atoms with E-state index in [4.69, 9.17) is 8.74 Å². The summed E-state index contributed by atoms with van der Waals surface area (Å²) in [5, 5.41) is 2.41. The van der Waals surface area contributed by atoms with Crippen molar-refractivity contribution in [2.24, 2.45) is 0 Å². The smallest absolute Gasteiger partial charge is 0.338 e. The normalized spacial score (nSPS) is 12.9. The van der Waals surface area contributed by atoms with Gasteiger partial charge in [0.15, 0.2) is 11.1 Å². The average molecular weight is 337 g/mol. The molecule has 118 valence electrons. The topological polar surface area (TPSA) is 119 Å². The highest BCUT2D eigenvalue weighted by atomic mass is 32.3. The zero-order valence-electron chi connectivity index (χ0n) is 11.1. The van der Waals surface area contributed by atoms with E-state index in [0.29, 0.717) is 5.56 Å². The summed E-state index contributed by atoms with van der Waals surface area (Å²) < 4.78 is 48.8. The molecule has 1 aromatic rings. The molecule has 0 spiro atoms. The summed E-state index contributed by atoms with van der Waals surface area (Å²) in [5.41, 5.74) is 1.35. The lowest BCUT2D eigenvalue weighted by Gasteiger charge is -2.06. The van der Waals surface area contributed by atoms with Crippen LogP contribution in [0.1, 0.15) is 15.9 Å². The van der Waals surface area contributed by atoms with Gasteiger partial charge in [-0.05, 0) is 19.1 Å². The Labute approximate surface area is 125 Å². The molecule has 0 fully saturated rings. The van der Waals surface area contributed by atoms with Crippen molar-refractivity contribution in [2.75, 3.05) is 19.1 Å². The molecule has 0 bridgehead atoms. The van der Waals surface area contributed by atoms with E-state index in [2.05, 4.69) is 9.50 Å². The number of benzene rings is 1. The van der Waals surface area contributed by atoms with Crippen LogP contribution in [0.3, 0.4) is 0 Å². The Bertz CT molecular complexity index is 615. The van der Waals surface area contributed by atoms with Crippen molar-refractivity contribution in [1.82, 2.24) is 5.32 Å². The lowest BCUT2D eigenvalue weighted by molar-refractivity contribution is 0.0959. The Kier molecular flexibility index (Phi) is 6.92. The first-order chi connectivity index (χ1) is 9.78. The van der Waals surface area contributed by atoms with E-state index in [-0.39, 0.29) is 12.5 Å². The van der Waals surface area contributed by atoms with E-state index < -0.39 is 34.0 Å². The van der Waals surface area contributed by atoms with Gasteiger partial charge in [-0.1, -0.05) is 17.7 Å². The third-order valence-corrected chi connectivity index (χ3v) is 3.44. The summed E-state index contributed by atoms with van der Waals surface area (Å²) in [5.74, 6) is -0.650. The van der Waals surface area contributed by atoms with Crippen LogP contribution in [-0.4, -0.2) is 42.2 Å². The molecule has 2 N–H and O–H groups in total. The maximum absolute atomic E-state index is 11.7. The number of carbonyl (C=O) groups excluding carboxylic acids is 1. The molecule has 0 heterocycles. The Morgan fingerprint density at radius 2 is 2.10 bits per heavy atom. The van der Waals surface area contributed by atoms with Crippen LogP contribution >= 0.6 is 0 Å². The van der Waals surface area contributed by atoms with Crippen molar-refractivity contribution in [3.05, 3.63) is 35.4 Å². The van der Waals surface area contributed by atoms with Crippen LogP contribution in [0.4, 0.5) is 0 Å². The maximum atomic E-state index is 11.7. The van der Waals surface area contributed by atoms with Gasteiger partial charge in [0.25, 0.3) is 5.91 Å². The molecule has 21 heavy (non-hydrogen) atoms. The number of hydrogen-bond acceptors (Lipinski definition) is 6. The van der Waals surface area contributed by atoms with Gasteiger partial charge in [0.05, 0.1) is 13.2 Å². The summed E-state index contributed by atoms with van der Waals surface area (Å²) in [6.07, 6.45) is 0. The Morgan fingerprint density at radius 1 is 1.38 bits per heavy atom. The van der Waals surface area contributed by atoms with Crippen LogP contribution in [0.15, 0.2) is 24.3 Å². The van der Waals surface area contributed by atoms with Crippen LogP contribution in [-0.2, 0) is 29.8 Å². The van der Waals surface area contributed by atoms with E-state index in [0.717, 1.165) is 5.56 Å². The largest absolute Gasteiger partial charge is 0.397 e. The van der Waals surface area contributed by atoms with Crippen LogP contribution in [0.25, 0.3) is 0 Å². The number of carbonyl (C=O) groups is 1. The zero-order chi connectivity index (χ0) is 15.9. The molecular formula is C11H15NO7S2. The zero-order valence-corrected chi connectivity index (χ0v) is 12.8. The first-order valence-corrected chi connectivity index (χ1v) is 8.37. The molecule has 0 aliphatic carbocycles. The van der Waals surface area contributed by atoms with Crippen molar-refractivity contribution >= 4 is 27.4 Å². The third kappa shape index (κ3) is 7.87. The molecule has 0 aliphatic heterocycles. The molecule has 10 heteroatoms. The Morgan fingerprint density at radius 3 is 2.71 bits per heavy atom. The second kappa shape index (κ2) is 8.20. The molecule has 8 nitrogen and oxygen atoms in total. The van der Waals surface area contributed by atoms with E-state index in [1.165, 1.54) is 0 Å². The fourth-order valence-corrected chi connectivity index (χ4v) is 2.19. The second-order valence-corrected chi connectivity index (χ2v) is 6.12. The van der Waals surface area contributed by atoms with E-state index in [1.54, 1.807) is 18.2 Å². The predicted octanol–water partition coefficient (Wildman–Crippen LogP) is 0.182. The molecule has 1 amide bonds. The predicted molar refractivity (Wildman–Crippen MR) is 75.1 cm³/mol. The van der Waals surface area contributed by atoms with Crippen molar-refractivity contribution in [1.29, 1.82) is 0 Å². The van der Waals surface area contributed by atoms with Gasteiger partial charge < -0.3 is 5.32 Å². The molecule has 1 rings (SSSR count). The van der Waals surface area contributed by atoms with E-state index >= 15 is 0 Å². The first kappa shape index (κ1) is 17.7. The van der Waals surface area contributed by atoms with Crippen molar-refractivity contribution in [3.8, 4) is 0 Å². The monoisotopic (exact) mass is 337 g/mol. The van der Waals surface area contributed by atoms with Gasteiger partial charge in [0, 0.05) is 5.56 Å². The Balaban J connectivity index is 2.28. The standard InChI is InChI=1S/C11H15NO7S2/c1-9-3-2-4-10(7-9)11(13)12-8-20(14)18-5-6-19-21(15,16)17/h2-4,7H,5-6,8H2,1H3,(H,12,13)(H,15,16,17). The number of hydrogen-bond donors (Lipinski definition) is 2. The van der Waals surface area contributed by atoms with Gasteiger partial charge in [-0.3, -0.25) is 13.5 Å². The number of aryl methyl sites for hydroxylation is 1. The minimum atomic E-state index is -4.54. The quantitative estimate of drug-likeness (QED) is 0.513. The van der Waals surface area contributed by atoms with Gasteiger partial charge in [-0.2, -0.15) is 8.42 Å². The van der Waals surface area contributed by atoms with Gasteiger partial charge in [0.1, 0.15) is 5.88 Å². The highest BCUT2D eigenvalue weighted by Crippen LogP contribution is 2.03. The fraction of sp³-hybridized carbons (Fsp3) is 0.364. The van der Waals surface area contributed by atoms with Crippen LogP contribution < -0.4 is 5.32 Å². The number of amides is 1. The summed E-state index contributed by atoms with van der Waals surface area (Å²) >= 11 is -1.84. The molecule has 0 radical (unpaired) electrons. The molecular weight excluding hydrogens is 322 g/mol. The van der Waals surface area contributed by atoms with Gasteiger partial charge in [-0.15, -0.1) is 0 Å². The molecule has 0 aliphatic rings. The van der Waals surface area contributed by atoms with Crippen LogP contribution in [0.5, 0.6) is 0 Å². The molecule has 0 saturated carbocycles. The Hall–Kier alpha value is -1.33. The molecule has 0 aromatic heterocycles. The summed E-state index contributed by atoms with van der Waals surface area (Å²) in [4.78, 5) is 11.7. The highest BCUT2D eigenvalue weighted by Gasteiger charge is 2.09. The summed E-state index contributed by atoms with van der Waals surface area (Å²) in [6.45, 7) is 1.05. The van der Waals surface area contributed by atoms with Gasteiger partial charge in [-0.25, -0.2) is 8.39 Å². The number of nitrogens with one attached hydrogen (secondary N) is 1. The maximum Gasteiger partial charge on any atom is 0.397 e. The van der Waals surface area contributed by atoms with Crippen molar-refractivity contribution in [2.45, 2.75) is 6.92 Å². The van der Waals surface area contributed by atoms with Crippen molar-refractivity contribution < 1.29 is 30.3 Å². The molecule has 1 aromatic carbocycles. The minimum Gasteiger partial charge on any atom is -0.338 e. The van der Waals surface area contributed by atoms with Gasteiger partial charge in [0.2, 0.25) is 0 Å². The van der Waals surface area contributed by atoms with E-state index in [1.807, 2.05) is 13.0 Å². The molecule has 0 saturated heterocycles. The third-order valence-electron chi connectivity index (χ3n) is 2.16. The van der Waals surface area contributed by atoms with Crippen LogP contribution in [0.2, 0.25) is 0 Å². The lowest BCUT2D eigenvalue weighted by atomic mass is 10.1. The second-order valence-electron chi connectivity index (χ2n) is 3.90. The first-order valence-electron chi connectivity index (χ1n) is 5.76. The average Bonchev–Trinajstić information content (AvgIpc) is 2.40. The highest BCUT2D eigenvalue weighted by molar-refractivity contribution is 7.81. The summed E-state index contributed by atoms with van der Waals surface area (Å²) in [7, 11) is -4.54. The number of rotatable bonds is 8. The van der Waals surface area contributed by atoms with E-state index in [9.17, 15) is 17.4 Å². The van der Waals surface area contributed by atoms with Crippen LogP contribution in [0, 0.1) is 6.92 Å². The fourth-order valence-electron chi connectivity index (χ4n) is 1.32. The lowest BCUT2D eigenvalue weighted by Crippen LogP contribution is -2.28. The summed E-state index contributed by atoms with van der Waals surface area (Å²) in [6, 6.07) is 6.86. The molecule has 1 atom stereocenters.